The van der Waals surface area contributed by atoms with Crippen LogP contribution < -0.4 is 10.6 Å². The van der Waals surface area contributed by atoms with Gasteiger partial charge in [0.05, 0.1) is 18.9 Å². The summed E-state index contributed by atoms with van der Waals surface area (Å²) in [6.07, 6.45) is 1.13. The number of rotatable bonds is 8. The average molecular weight is 553 g/mol. The number of guanidine groups is 1. The Hall–Kier alpha value is -1.79. The standard InChI is InChI=1S/C20H25F2N3O3S.HI/c1-3-23-20(24-10-14-4-7-19(22)17(8-14)12-26)25-11-16-9-18(21)6-5-15(16)13-29(2,27)28;/h4-9,26H,3,10-13H2,1-2H3,(H2,23,24,25);1H. The van der Waals surface area contributed by atoms with Crippen molar-refractivity contribution >= 4 is 39.8 Å². The van der Waals surface area contributed by atoms with Crippen molar-refractivity contribution in [3.63, 3.8) is 0 Å². The number of sulfone groups is 1. The normalized spacial score (nSPS) is 11.7. The molecule has 0 heterocycles. The largest absolute Gasteiger partial charge is 0.392 e. The summed E-state index contributed by atoms with van der Waals surface area (Å²) in [5.74, 6) is -0.673. The van der Waals surface area contributed by atoms with Crippen LogP contribution in [0.1, 0.15) is 29.2 Å². The van der Waals surface area contributed by atoms with Crippen LogP contribution in [0.5, 0.6) is 0 Å². The highest BCUT2D eigenvalue weighted by molar-refractivity contribution is 14.0. The lowest BCUT2D eigenvalue weighted by atomic mass is 10.1. The van der Waals surface area contributed by atoms with Crippen LogP contribution >= 0.6 is 24.0 Å². The highest BCUT2D eigenvalue weighted by Gasteiger charge is 2.11. The van der Waals surface area contributed by atoms with Gasteiger partial charge < -0.3 is 15.7 Å². The van der Waals surface area contributed by atoms with Crippen molar-refractivity contribution in [3.05, 3.63) is 70.3 Å². The minimum Gasteiger partial charge on any atom is -0.392 e. The van der Waals surface area contributed by atoms with Crippen LogP contribution in [-0.4, -0.2) is 32.3 Å². The lowest BCUT2D eigenvalue weighted by molar-refractivity contribution is 0.275. The number of nitrogens with one attached hydrogen (secondary N) is 2. The lowest BCUT2D eigenvalue weighted by Crippen LogP contribution is -2.37. The van der Waals surface area contributed by atoms with E-state index >= 15 is 0 Å². The fourth-order valence-electron chi connectivity index (χ4n) is 2.72. The van der Waals surface area contributed by atoms with E-state index in [1.165, 1.54) is 24.3 Å². The van der Waals surface area contributed by atoms with Gasteiger partial charge in [0.25, 0.3) is 0 Å². The number of aliphatic hydroxyl groups is 1. The molecule has 0 aliphatic heterocycles. The molecule has 0 saturated carbocycles. The van der Waals surface area contributed by atoms with E-state index in [-0.39, 0.29) is 48.4 Å². The van der Waals surface area contributed by atoms with E-state index in [0.717, 1.165) is 11.8 Å². The van der Waals surface area contributed by atoms with Gasteiger partial charge in [-0.05, 0) is 47.9 Å². The predicted octanol–water partition coefficient (Wildman–Crippen LogP) is 2.88. The molecule has 166 valence electrons. The van der Waals surface area contributed by atoms with Gasteiger partial charge in [0, 0.05) is 24.9 Å². The van der Waals surface area contributed by atoms with Gasteiger partial charge in [-0.2, -0.15) is 0 Å². The van der Waals surface area contributed by atoms with Crippen LogP contribution in [0.25, 0.3) is 0 Å². The number of aliphatic hydroxyl groups excluding tert-OH is 1. The topological polar surface area (TPSA) is 90.8 Å². The Bertz CT molecular complexity index is 985. The fourth-order valence-corrected chi connectivity index (χ4v) is 3.57. The molecule has 0 amide bonds. The van der Waals surface area contributed by atoms with Crippen molar-refractivity contribution < 1.29 is 22.3 Å². The zero-order valence-electron chi connectivity index (χ0n) is 16.8. The van der Waals surface area contributed by atoms with Crippen molar-refractivity contribution in [2.75, 3.05) is 12.8 Å². The van der Waals surface area contributed by atoms with E-state index in [4.69, 9.17) is 5.11 Å². The molecule has 2 rings (SSSR count). The van der Waals surface area contributed by atoms with Gasteiger partial charge in [-0.15, -0.1) is 24.0 Å². The molecule has 0 aliphatic carbocycles. The molecule has 0 fully saturated rings. The Morgan fingerprint density at radius 2 is 1.80 bits per heavy atom. The molecular weight excluding hydrogens is 527 g/mol. The van der Waals surface area contributed by atoms with Crippen LogP contribution in [0.15, 0.2) is 41.4 Å². The molecule has 0 radical (unpaired) electrons. The monoisotopic (exact) mass is 553 g/mol. The Balaban J connectivity index is 0.00000450. The summed E-state index contributed by atoms with van der Waals surface area (Å²) >= 11 is 0. The molecule has 30 heavy (non-hydrogen) atoms. The summed E-state index contributed by atoms with van der Waals surface area (Å²) < 4.78 is 50.4. The first-order valence-corrected chi connectivity index (χ1v) is 11.1. The summed E-state index contributed by atoms with van der Waals surface area (Å²) in [6.45, 7) is 2.48. The number of aliphatic imine (C=N–C) groups is 1. The van der Waals surface area contributed by atoms with Crippen LogP contribution in [0, 0.1) is 11.6 Å². The number of nitrogens with zero attached hydrogens (tertiary/aromatic N) is 1. The minimum absolute atomic E-state index is 0. The van der Waals surface area contributed by atoms with Crippen LogP contribution in [0.4, 0.5) is 8.78 Å². The molecule has 0 bridgehead atoms. The Morgan fingerprint density at radius 3 is 2.43 bits per heavy atom. The van der Waals surface area contributed by atoms with Crippen molar-refractivity contribution in [3.8, 4) is 0 Å². The maximum absolute atomic E-state index is 13.7. The maximum Gasteiger partial charge on any atom is 0.191 e. The van der Waals surface area contributed by atoms with E-state index in [2.05, 4.69) is 15.6 Å². The number of hydrogen-bond donors (Lipinski definition) is 3. The van der Waals surface area contributed by atoms with Crippen molar-refractivity contribution in [1.82, 2.24) is 10.6 Å². The molecule has 10 heteroatoms. The lowest BCUT2D eigenvalue weighted by Gasteiger charge is -2.14. The van der Waals surface area contributed by atoms with E-state index in [9.17, 15) is 17.2 Å². The van der Waals surface area contributed by atoms with E-state index in [1.807, 2.05) is 6.92 Å². The third-order valence-corrected chi connectivity index (χ3v) is 4.91. The van der Waals surface area contributed by atoms with Gasteiger partial charge in [-0.3, -0.25) is 0 Å². The molecule has 2 aromatic rings. The molecule has 0 aromatic heterocycles. The molecule has 0 aliphatic rings. The van der Waals surface area contributed by atoms with Gasteiger partial charge in [0.2, 0.25) is 0 Å². The molecule has 0 atom stereocenters. The van der Waals surface area contributed by atoms with Crippen LogP contribution in [0.3, 0.4) is 0 Å². The number of halogens is 3. The first-order chi connectivity index (χ1) is 13.7. The fraction of sp³-hybridized carbons (Fsp3) is 0.350. The van der Waals surface area contributed by atoms with E-state index in [0.29, 0.717) is 23.6 Å². The van der Waals surface area contributed by atoms with Gasteiger partial charge in [0.1, 0.15) is 11.6 Å². The predicted molar refractivity (Wildman–Crippen MR) is 124 cm³/mol. The molecule has 2 aromatic carbocycles. The Morgan fingerprint density at radius 1 is 1.07 bits per heavy atom. The van der Waals surface area contributed by atoms with Crippen LogP contribution in [0.2, 0.25) is 0 Å². The molecule has 3 N–H and O–H groups in total. The van der Waals surface area contributed by atoms with Crippen LogP contribution in [-0.2, 0) is 35.3 Å². The zero-order valence-corrected chi connectivity index (χ0v) is 19.9. The third kappa shape index (κ3) is 8.52. The smallest absolute Gasteiger partial charge is 0.191 e. The minimum atomic E-state index is -3.26. The molecular formula is C20H26F2IN3O3S. The van der Waals surface area contributed by atoms with Crippen molar-refractivity contribution in [1.29, 1.82) is 0 Å². The van der Waals surface area contributed by atoms with Crippen molar-refractivity contribution in [2.24, 2.45) is 4.99 Å². The summed E-state index contributed by atoms with van der Waals surface area (Å²) in [5, 5.41) is 15.3. The first kappa shape index (κ1) is 26.2. The molecule has 6 nitrogen and oxygen atoms in total. The second-order valence-electron chi connectivity index (χ2n) is 6.62. The molecule has 0 unspecified atom stereocenters. The maximum atomic E-state index is 13.7. The zero-order chi connectivity index (χ0) is 21.4. The second-order valence-corrected chi connectivity index (χ2v) is 8.76. The number of hydrogen-bond acceptors (Lipinski definition) is 4. The summed E-state index contributed by atoms with van der Waals surface area (Å²) in [4.78, 5) is 4.41. The van der Waals surface area contributed by atoms with Gasteiger partial charge in [-0.1, -0.05) is 12.1 Å². The molecule has 0 saturated heterocycles. The summed E-state index contributed by atoms with van der Waals surface area (Å²) in [7, 11) is -3.26. The van der Waals surface area contributed by atoms with Crippen molar-refractivity contribution in [2.45, 2.75) is 32.4 Å². The SMILES string of the molecule is CCNC(=NCc1ccc(F)c(CO)c1)NCc1cc(F)ccc1CS(C)(=O)=O.I. The van der Waals surface area contributed by atoms with E-state index < -0.39 is 28.1 Å². The Labute approximate surface area is 192 Å². The van der Waals surface area contributed by atoms with Gasteiger partial charge in [-0.25, -0.2) is 22.2 Å². The highest BCUT2D eigenvalue weighted by Crippen LogP contribution is 2.15. The molecule has 0 spiro atoms. The second kappa shape index (κ2) is 12.2. The average Bonchev–Trinajstić information content (AvgIpc) is 2.66. The number of benzene rings is 2. The third-order valence-electron chi connectivity index (χ3n) is 4.08. The summed E-state index contributed by atoms with van der Waals surface area (Å²) in [5.41, 5.74) is 1.95. The summed E-state index contributed by atoms with van der Waals surface area (Å²) in [6, 6.07) is 8.39. The quantitative estimate of drug-likeness (QED) is 0.266. The van der Waals surface area contributed by atoms with Gasteiger partial charge >= 0.3 is 0 Å². The first-order valence-electron chi connectivity index (χ1n) is 9.07. The highest BCUT2D eigenvalue weighted by atomic mass is 127. The Kier molecular flexibility index (Phi) is 10.6. The van der Waals surface area contributed by atoms with Gasteiger partial charge in [0.15, 0.2) is 15.8 Å². The van der Waals surface area contributed by atoms with E-state index in [1.54, 1.807) is 12.1 Å².